The second-order valence-corrected chi connectivity index (χ2v) is 2.17. The molecule has 0 N–H and O–H groups in total. The van der Waals surface area contributed by atoms with Gasteiger partial charge in [0.05, 0.1) is 10.2 Å². The van der Waals surface area contributed by atoms with Crippen molar-refractivity contribution in [2.24, 2.45) is 0 Å². The summed E-state index contributed by atoms with van der Waals surface area (Å²) in [7, 11) is -2.32. The van der Waals surface area contributed by atoms with E-state index in [9.17, 15) is 0 Å². The van der Waals surface area contributed by atoms with Gasteiger partial charge in [-0.1, -0.05) is 30.3 Å². The predicted octanol–water partition coefficient (Wildman–Crippen LogP) is 2.39. The van der Waals surface area contributed by atoms with E-state index in [0.29, 0.717) is 0 Å². The van der Waals surface area contributed by atoms with Crippen LogP contribution in [0.3, 0.4) is 0 Å². The lowest BCUT2D eigenvalue weighted by molar-refractivity contribution is 0.119. The molecule has 1 aromatic rings. The standard InChI is InChI=1S/C9H12O/c1-8(10-2)9-6-4-3-5-7-9/h3-8H,1-2H3/t8-/m1/s1/i2D3. The van der Waals surface area contributed by atoms with Crippen molar-refractivity contribution in [2.45, 2.75) is 13.0 Å². The summed E-state index contributed by atoms with van der Waals surface area (Å²) in [6.07, 6.45) is -0.395. The second-order valence-electron chi connectivity index (χ2n) is 2.17. The van der Waals surface area contributed by atoms with Crippen LogP contribution in [0.1, 0.15) is 22.7 Å². The van der Waals surface area contributed by atoms with Gasteiger partial charge in [0, 0.05) is 7.04 Å². The molecule has 0 saturated heterocycles. The number of hydrogen-bond donors (Lipinski definition) is 0. The maximum atomic E-state index is 6.92. The number of rotatable bonds is 2. The summed E-state index contributed by atoms with van der Waals surface area (Å²) in [6.45, 7) is 1.72. The van der Waals surface area contributed by atoms with E-state index >= 15 is 0 Å². The Kier molecular flexibility index (Phi) is 1.40. The van der Waals surface area contributed by atoms with E-state index in [0.717, 1.165) is 5.56 Å². The van der Waals surface area contributed by atoms with Gasteiger partial charge in [-0.15, -0.1) is 0 Å². The summed E-state index contributed by atoms with van der Waals surface area (Å²) < 4.78 is 25.6. The molecule has 0 bridgehead atoms. The molecule has 1 rings (SSSR count). The molecule has 1 heteroatoms. The van der Waals surface area contributed by atoms with Crippen LogP contribution in [0.15, 0.2) is 30.3 Å². The van der Waals surface area contributed by atoms with Crippen LogP contribution in [0, 0.1) is 0 Å². The Morgan fingerprint density at radius 3 is 2.70 bits per heavy atom. The van der Waals surface area contributed by atoms with Gasteiger partial charge in [0.2, 0.25) is 0 Å². The Bertz CT molecular complexity index is 255. The van der Waals surface area contributed by atoms with Crippen LogP contribution in [-0.2, 0) is 4.74 Å². The van der Waals surface area contributed by atoms with Crippen LogP contribution in [0.25, 0.3) is 0 Å². The van der Waals surface area contributed by atoms with Gasteiger partial charge in [-0.2, -0.15) is 0 Å². The summed E-state index contributed by atoms with van der Waals surface area (Å²) in [4.78, 5) is 0. The zero-order valence-corrected chi connectivity index (χ0v) is 5.87. The van der Waals surface area contributed by atoms with Crippen LogP contribution < -0.4 is 0 Å². The molecule has 0 unspecified atom stereocenters. The van der Waals surface area contributed by atoms with Crippen molar-refractivity contribution in [1.82, 2.24) is 0 Å². The minimum absolute atomic E-state index is 0.395. The molecular weight excluding hydrogens is 124 g/mol. The van der Waals surface area contributed by atoms with E-state index < -0.39 is 13.1 Å². The van der Waals surface area contributed by atoms with Crippen molar-refractivity contribution in [1.29, 1.82) is 0 Å². The number of benzene rings is 1. The molecule has 0 aliphatic heterocycles. The fourth-order valence-electron chi connectivity index (χ4n) is 0.792. The van der Waals surface area contributed by atoms with Crippen LogP contribution in [0.5, 0.6) is 0 Å². The number of methoxy groups -OCH3 is 1. The zero-order chi connectivity index (χ0) is 9.90. The van der Waals surface area contributed by atoms with Crippen molar-refractivity contribution < 1.29 is 8.85 Å². The molecule has 0 amide bonds. The van der Waals surface area contributed by atoms with Crippen molar-refractivity contribution in [3.63, 3.8) is 0 Å². The molecule has 0 aliphatic rings. The molecule has 0 aromatic heterocycles. The first kappa shape index (κ1) is 4.14. The molecule has 0 heterocycles. The molecule has 0 aliphatic carbocycles. The molecule has 1 nitrogen and oxygen atoms in total. The summed E-state index contributed by atoms with van der Waals surface area (Å²) in [5.74, 6) is 0. The summed E-state index contributed by atoms with van der Waals surface area (Å²) in [6, 6.07) is 9.28. The highest BCUT2D eigenvalue weighted by atomic mass is 16.5. The molecule has 1 atom stereocenters. The predicted molar refractivity (Wildman–Crippen MR) is 41.9 cm³/mol. The van der Waals surface area contributed by atoms with Crippen molar-refractivity contribution in [3.05, 3.63) is 35.9 Å². The Morgan fingerprint density at radius 2 is 2.10 bits per heavy atom. The van der Waals surface area contributed by atoms with E-state index in [2.05, 4.69) is 0 Å². The van der Waals surface area contributed by atoms with Crippen molar-refractivity contribution in [3.8, 4) is 0 Å². The molecule has 0 fully saturated rings. The maximum absolute atomic E-state index is 6.92. The highest BCUT2D eigenvalue weighted by Gasteiger charge is 1.99. The third kappa shape index (κ3) is 1.58. The largest absolute Gasteiger partial charge is 0.377 e. The smallest absolute Gasteiger partial charge is 0.0793 e. The molecule has 0 radical (unpaired) electrons. The van der Waals surface area contributed by atoms with E-state index in [4.69, 9.17) is 8.85 Å². The average molecular weight is 139 g/mol. The second kappa shape index (κ2) is 3.37. The molecule has 0 saturated carbocycles. The molecule has 54 valence electrons. The fraction of sp³-hybridized carbons (Fsp3) is 0.333. The van der Waals surface area contributed by atoms with Gasteiger partial charge in [0.25, 0.3) is 0 Å². The van der Waals surface area contributed by atoms with Gasteiger partial charge in [0.1, 0.15) is 0 Å². The highest BCUT2D eigenvalue weighted by molar-refractivity contribution is 5.16. The third-order valence-electron chi connectivity index (χ3n) is 1.45. The summed E-state index contributed by atoms with van der Waals surface area (Å²) in [5.41, 5.74) is 0.874. The Labute approximate surface area is 65.9 Å². The van der Waals surface area contributed by atoms with Crippen molar-refractivity contribution in [2.75, 3.05) is 7.04 Å². The SMILES string of the molecule is [2H]C([2H])([2H])O[C@H](C)c1ccccc1. The van der Waals surface area contributed by atoms with Crippen LogP contribution >= 0.6 is 0 Å². The molecule has 10 heavy (non-hydrogen) atoms. The third-order valence-corrected chi connectivity index (χ3v) is 1.45. The Morgan fingerprint density at radius 1 is 1.40 bits per heavy atom. The summed E-state index contributed by atoms with van der Waals surface area (Å²) in [5, 5.41) is 0. The van der Waals surface area contributed by atoms with E-state index in [-0.39, 0.29) is 0 Å². The lowest BCUT2D eigenvalue weighted by Gasteiger charge is -2.07. The van der Waals surface area contributed by atoms with Crippen LogP contribution in [-0.4, -0.2) is 7.04 Å². The number of ether oxygens (including phenoxy) is 1. The maximum Gasteiger partial charge on any atom is 0.0793 e. The van der Waals surface area contributed by atoms with Gasteiger partial charge in [0.15, 0.2) is 0 Å². The molecular formula is C9H12O. The average Bonchev–Trinajstić information content (AvgIpc) is 2.03. The van der Waals surface area contributed by atoms with Crippen molar-refractivity contribution >= 4 is 0 Å². The van der Waals surface area contributed by atoms with Gasteiger partial charge >= 0.3 is 0 Å². The van der Waals surface area contributed by atoms with E-state index in [1.165, 1.54) is 0 Å². The minimum atomic E-state index is -2.32. The van der Waals surface area contributed by atoms with Crippen LogP contribution in [0.2, 0.25) is 0 Å². The first-order valence-electron chi connectivity index (χ1n) is 4.72. The Balaban J connectivity index is 2.64. The summed E-state index contributed by atoms with van der Waals surface area (Å²) >= 11 is 0. The topological polar surface area (TPSA) is 9.23 Å². The Hall–Kier alpha value is -0.820. The van der Waals surface area contributed by atoms with Gasteiger partial charge < -0.3 is 4.74 Å². The lowest BCUT2D eigenvalue weighted by Crippen LogP contribution is -1.93. The van der Waals surface area contributed by atoms with Gasteiger partial charge in [-0.05, 0) is 12.5 Å². The van der Waals surface area contributed by atoms with Gasteiger partial charge in [-0.25, -0.2) is 0 Å². The van der Waals surface area contributed by atoms with Gasteiger partial charge in [-0.3, -0.25) is 0 Å². The number of hydrogen-bond acceptors (Lipinski definition) is 1. The molecule has 0 spiro atoms. The first-order valence-corrected chi connectivity index (χ1v) is 3.22. The fourth-order valence-corrected chi connectivity index (χ4v) is 0.792. The van der Waals surface area contributed by atoms with E-state index in [1.54, 1.807) is 6.92 Å². The quantitative estimate of drug-likeness (QED) is 0.611. The molecule has 1 aromatic carbocycles. The first-order chi connectivity index (χ1) is 5.99. The zero-order valence-electron chi connectivity index (χ0n) is 8.87. The van der Waals surface area contributed by atoms with Crippen LogP contribution in [0.4, 0.5) is 0 Å². The lowest BCUT2D eigenvalue weighted by atomic mass is 10.1. The van der Waals surface area contributed by atoms with E-state index in [1.807, 2.05) is 30.3 Å². The highest BCUT2D eigenvalue weighted by Crippen LogP contribution is 2.13. The normalized spacial score (nSPS) is 18.7. The minimum Gasteiger partial charge on any atom is -0.377 e. The monoisotopic (exact) mass is 139 g/mol.